The van der Waals surface area contributed by atoms with Crippen LogP contribution in [0, 0.1) is 5.92 Å². The molecule has 1 aliphatic carbocycles. The molecule has 0 amide bonds. The number of hydrogen-bond donors (Lipinski definition) is 0. The Bertz CT molecular complexity index is 1190. The Morgan fingerprint density at radius 2 is 1.71 bits per heavy atom. The van der Waals surface area contributed by atoms with E-state index in [4.69, 9.17) is 33.0 Å². The van der Waals surface area contributed by atoms with Crippen molar-refractivity contribution in [2.45, 2.75) is 50.8 Å². The molecule has 0 bridgehead atoms. The molecule has 3 aromatic carbocycles. The Labute approximate surface area is 192 Å². The van der Waals surface area contributed by atoms with Crippen molar-refractivity contribution in [3.8, 4) is 5.75 Å². The molecule has 1 fully saturated rings. The van der Waals surface area contributed by atoms with Gasteiger partial charge in [0, 0.05) is 22.9 Å². The Kier molecular flexibility index (Phi) is 4.85. The van der Waals surface area contributed by atoms with Gasteiger partial charge < -0.3 is 4.74 Å². The van der Waals surface area contributed by atoms with E-state index in [9.17, 15) is 0 Å². The molecular formula is C26H24Cl2N2O. The zero-order chi connectivity index (χ0) is 20.9. The molecule has 0 unspecified atom stereocenters. The van der Waals surface area contributed by atoms with Crippen molar-refractivity contribution in [2.75, 3.05) is 0 Å². The van der Waals surface area contributed by atoms with E-state index >= 15 is 0 Å². The molecule has 0 radical (unpaired) electrons. The summed E-state index contributed by atoms with van der Waals surface area (Å²) in [5, 5.41) is 11.1. The van der Waals surface area contributed by atoms with Crippen LogP contribution in [0.4, 0.5) is 0 Å². The van der Waals surface area contributed by atoms with Crippen LogP contribution in [0.3, 0.4) is 0 Å². The van der Waals surface area contributed by atoms with Gasteiger partial charge in [-0.05, 0) is 47.4 Å². The van der Waals surface area contributed by atoms with Crippen LogP contribution in [-0.2, 0) is 0 Å². The van der Waals surface area contributed by atoms with Gasteiger partial charge in [0.2, 0.25) is 0 Å². The molecule has 31 heavy (non-hydrogen) atoms. The third kappa shape index (κ3) is 3.39. The largest absolute Gasteiger partial charge is 0.467 e. The van der Waals surface area contributed by atoms with Crippen LogP contribution < -0.4 is 4.74 Å². The van der Waals surface area contributed by atoms with E-state index in [0.717, 1.165) is 23.4 Å². The minimum atomic E-state index is -0.0746. The molecule has 2 heterocycles. The molecule has 2 aliphatic heterocycles. The van der Waals surface area contributed by atoms with Crippen molar-refractivity contribution >= 4 is 39.7 Å². The molecule has 0 aromatic heterocycles. The summed E-state index contributed by atoms with van der Waals surface area (Å²) in [5.74, 6) is 1.26. The third-order valence-electron chi connectivity index (χ3n) is 6.97. The third-order valence-corrected chi connectivity index (χ3v) is 7.47. The Balaban J connectivity index is 1.43. The monoisotopic (exact) mass is 450 g/mol. The standard InChI is InChI=1S/C26H24Cl2N2O/c27-20-13-21-24-15-23(19-11-10-16-6-4-5-9-18(16)12-19)29-30(24)26(17-7-2-1-3-8-17)31-25(21)22(28)14-20/h4-6,9-14,17,24,26H,1-3,7-8,15H2/t24-,26+/m1/s1. The molecular weight excluding hydrogens is 427 g/mol. The van der Waals surface area contributed by atoms with E-state index in [1.165, 1.54) is 48.4 Å². The zero-order valence-corrected chi connectivity index (χ0v) is 18.7. The minimum Gasteiger partial charge on any atom is -0.467 e. The summed E-state index contributed by atoms with van der Waals surface area (Å²) in [6.45, 7) is 0. The van der Waals surface area contributed by atoms with Crippen molar-refractivity contribution in [1.29, 1.82) is 0 Å². The molecule has 0 saturated heterocycles. The van der Waals surface area contributed by atoms with Crippen LogP contribution in [0.1, 0.15) is 55.7 Å². The predicted molar refractivity (Wildman–Crippen MR) is 127 cm³/mol. The fourth-order valence-electron chi connectivity index (χ4n) is 5.42. The molecule has 3 nitrogen and oxygen atoms in total. The zero-order valence-electron chi connectivity index (χ0n) is 17.2. The molecule has 5 heteroatoms. The lowest BCUT2D eigenvalue weighted by Gasteiger charge is -2.43. The van der Waals surface area contributed by atoms with Crippen molar-refractivity contribution < 1.29 is 4.74 Å². The molecule has 2 atom stereocenters. The Morgan fingerprint density at radius 3 is 2.55 bits per heavy atom. The van der Waals surface area contributed by atoms with Crippen LogP contribution in [-0.4, -0.2) is 16.9 Å². The lowest BCUT2D eigenvalue weighted by Crippen LogP contribution is -2.46. The van der Waals surface area contributed by atoms with Gasteiger partial charge in [-0.1, -0.05) is 78.9 Å². The molecule has 6 rings (SSSR count). The van der Waals surface area contributed by atoms with Gasteiger partial charge in [-0.2, -0.15) is 5.10 Å². The fraction of sp³-hybridized carbons (Fsp3) is 0.346. The smallest absolute Gasteiger partial charge is 0.190 e. The first-order chi connectivity index (χ1) is 15.2. The summed E-state index contributed by atoms with van der Waals surface area (Å²) in [5.41, 5.74) is 3.32. The highest BCUT2D eigenvalue weighted by molar-refractivity contribution is 6.35. The van der Waals surface area contributed by atoms with Gasteiger partial charge in [0.15, 0.2) is 6.23 Å². The van der Waals surface area contributed by atoms with Crippen molar-refractivity contribution in [3.63, 3.8) is 0 Å². The van der Waals surface area contributed by atoms with E-state index < -0.39 is 0 Å². The number of hydrazone groups is 1. The van der Waals surface area contributed by atoms with E-state index in [2.05, 4.69) is 47.5 Å². The van der Waals surface area contributed by atoms with Gasteiger partial charge in [0.1, 0.15) is 5.75 Å². The van der Waals surface area contributed by atoms with E-state index in [0.29, 0.717) is 16.0 Å². The summed E-state index contributed by atoms with van der Waals surface area (Å²) >= 11 is 13.0. The number of hydrogen-bond acceptors (Lipinski definition) is 3. The molecule has 0 N–H and O–H groups in total. The second kappa shape index (κ2) is 7.72. The first kappa shape index (κ1) is 19.5. The Morgan fingerprint density at radius 1 is 0.903 bits per heavy atom. The summed E-state index contributed by atoms with van der Waals surface area (Å²) in [7, 11) is 0. The maximum atomic E-state index is 6.60. The van der Waals surface area contributed by atoms with E-state index in [1.807, 2.05) is 6.07 Å². The average molecular weight is 451 g/mol. The lowest BCUT2D eigenvalue weighted by atomic mass is 9.86. The normalized spacial score (nSPS) is 23.3. The Hall–Kier alpha value is -2.23. The van der Waals surface area contributed by atoms with Gasteiger partial charge in [-0.3, -0.25) is 0 Å². The van der Waals surface area contributed by atoms with Crippen molar-refractivity contribution in [3.05, 3.63) is 75.8 Å². The van der Waals surface area contributed by atoms with Crippen LogP contribution in [0.15, 0.2) is 59.7 Å². The van der Waals surface area contributed by atoms with Gasteiger partial charge in [0.05, 0.1) is 16.8 Å². The highest BCUT2D eigenvalue weighted by Gasteiger charge is 2.44. The maximum Gasteiger partial charge on any atom is 0.190 e. The maximum absolute atomic E-state index is 6.60. The topological polar surface area (TPSA) is 24.8 Å². The number of nitrogens with zero attached hydrogens (tertiary/aromatic N) is 2. The van der Waals surface area contributed by atoms with Crippen LogP contribution in [0.2, 0.25) is 10.0 Å². The summed E-state index contributed by atoms with van der Waals surface area (Å²) in [6.07, 6.45) is 6.93. The quantitative estimate of drug-likeness (QED) is 0.401. The summed E-state index contributed by atoms with van der Waals surface area (Å²) in [4.78, 5) is 0. The average Bonchev–Trinajstić information content (AvgIpc) is 3.25. The molecule has 0 spiro atoms. The molecule has 3 aromatic rings. The first-order valence-electron chi connectivity index (χ1n) is 11.2. The van der Waals surface area contributed by atoms with Gasteiger partial charge in [-0.15, -0.1) is 0 Å². The number of fused-ring (bicyclic) bond motifs is 4. The highest BCUT2D eigenvalue weighted by atomic mass is 35.5. The summed E-state index contributed by atoms with van der Waals surface area (Å²) < 4.78 is 6.55. The number of benzene rings is 3. The van der Waals surface area contributed by atoms with E-state index in [1.54, 1.807) is 6.07 Å². The van der Waals surface area contributed by atoms with Crippen LogP contribution in [0.25, 0.3) is 10.8 Å². The number of ether oxygens (including phenoxy) is 1. The molecule has 1 saturated carbocycles. The number of rotatable bonds is 2. The molecule has 3 aliphatic rings. The van der Waals surface area contributed by atoms with Gasteiger partial charge >= 0.3 is 0 Å². The highest BCUT2D eigenvalue weighted by Crippen LogP contribution is 2.49. The SMILES string of the molecule is Clc1cc(Cl)c2c(c1)[C@H]1CC(c3ccc4ccccc4c3)=NN1[C@H](C1CCCCC1)O2. The molecule has 158 valence electrons. The lowest BCUT2D eigenvalue weighted by molar-refractivity contribution is -0.0642. The van der Waals surface area contributed by atoms with Crippen molar-refractivity contribution in [1.82, 2.24) is 5.01 Å². The second-order valence-electron chi connectivity index (χ2n) is 8.92. The van der Waals surface area contributed by atoms with Crippen molar-refractivity contribution in [2.24, 2.45) is 11.0 Å². The second-order valence-corrected chi connectivity index (χ2v) is 9.76. The first-order valence-corrected chi connectivity index (χ1v) is 11.9. The predicted octanol–water partition coefficient (Wildman–Crippen LogP) is 7.60. The summed E-state index contributed by atoms with van der Waals surface area (Å²) in [6, 6.07) is 19.0. The number of halogens is 2. The van der Waals surface area contributed by atoms with Crippen LogP contribution in [0.5, 0.6) is 5.75 Å². The van der Waals surface area contributed by atoms with Gasteiger partial charge in [0.25, 0.3) is 0 Å². The minimum absolute atomic E-state index is 0.0746. The fourth-order valence-corrected chi connectivity index (χ4v) is 5.97. The van der Waals surface area contributed by atoms with E-state index in [-0.39, 0.29) is 12.3 Å². The van der Waals surface area contributed by atoms with Gasteiger partial charge in [-0.25, -0.2) is 5.01 Å². The van der Waals surface area contributed by atoms with Crippen LogP contribution >= 0.6 is 23.2 Å².